The second-order valence-corrected chi connectivity index (χ2v) is 15.6. The van der Waals surface area contributed by atoms with Crippen molar-refractivity contribution in [1.82, 2.24) is 4.72 Å². The van der Waals surface area contributed by atoms with Gasteiger partial charge in [-0.3, -0.25) is 0 Å². The lowest BCUT2D eigenvalue weighted by Crippen LogP contribution is -2.59. The maximum absolute atomic E-state index is 10.8. The van der Waals surface area contributed by atoms with Crippen LogP contribution in [0.3, 0.4) is 0 Å². The van der Waals surface area contributed by atoms with E-state index in [2.05, 4.69) is 110 Å². The van der Waals surface area contributed by atoms with Gasteiger partial charge >= 0.3 is 0 Å². The molecular formula is C32H39NO3S2. The van der Waals surface area contributed by atoms with Crippen molar-refractivity contribution in [2.45, 2.75) is 84.9 Å². The van der Waals surface area contributed by atoms with Crippen LogP contribution < -0.4 is 4.72 Å². The molecule has 38 heavy (non-hydrogen) atoms. The molecule has 0 spiro atoms. The van der Waals surface area contributed by atoms with Gasteiger partial charge in [0.15, 0.2) is 25.0 Å². The normalized spacial score (nSPS) is 26.2. The molecule has 0 amide bonds. The standard InChI is InChI=1S/C22H23S.C10H17NO3S/c1-22(2,3)18-14-16-21(17-15-18)23(19-10-6-4-7-11-19)20-12-8-5-9-13-20;12-15(13,14)11-10-4-7-1-8(5-10)3-9(2-7)6-10/h4-17H,1-3H3;7-9,11H,1-6H2,(H,12,13,14)/q+1;/p-1. The minimum atomic E-state index is -4.29. The number of nitrogens with one attached hydrogen (secondary N) is 1. The van der Waals surface area contributed by atoms with Crippen LogP contribution in [0.1, 0.15) is 64.9 Å². The molecule has 202 valence electrons. The Morgan fingerprint density at radius 3 is 1.47 bits per heavy atom. The predicted molar refractivity (Wildman–Crippen MR) is 154 cm³/mol. The van der Waals surface area contributed by atoms with Crippen LogP contribution in [-0.4, -0.2) is 18.5 Å². The van der Waals surface area contributed by atoms with Crippen molar-refractivity contribution in [3.8, 4) is 0 Å². The molecule has 4 aliphatic carbocycles. The molecule has 3 aromatic rings. The summed E-state index contributed by atoms with van der Waals surface area (Å²) in [5.41, 5.74) is 1.21. The van der Waals surface area contributed by atoms with E-state index in [1.807, 2.05) is 0 Å². The Morgan fingerprint density at radius 2 is 1.11 bits per heavy atom. The third kappa shape index (κ3) is 6.53. The van der Waals surface area contributed by atoms with Crippen molar-refractivity contribution in [2.75, 3.05) is 0 Å². The lowest BCUT2D eigenvalue weighted by atomic mass is 9.53. The maximum Gasteiger partial charge on any atom is 0.166 e. The quantitative estimate of drug-likeness (QED) is 0.273. The van der Waals surface area contributed by atoms with Crippen molar-refractivity contribution in [3.05, 3.63) is 90.5 Å². The molecule has 4 saturated carbocycles. The van der Waals surface area contributed by atoms with Gasteiger partial charge in [0, 0.05) is 5.54 Å². The molecule has 0 aromatic heterocycles. The monoisotopic (exact) mass is 549 g/mol. The highest BCUT2D eigenvalue weighted by Gasteiger charge is 2.51. The fourth-order valence-electron chi connectivity index (χ4n) is 7.11. The van der Waals surface area contributed by atoms with Gasteiger partial charge in [0.1, 0.15) is 0 Å². The number of rotatable bonds is 5. The van der Waals surface area contributed by atoms with Crippen molar-refractivity contribution in [3.63, 3.8) is 0 Å². The molecule has 4 fully saturated rings. The Balaban J connectivity index is 0.000000168. The number of hydrogen-bond donors (Lipinski definition) is 1. The highest BCUT2D eigenvalue weighted by Crippen LogP contribution is 2.55. The molecule has 7 rings (SSSR count). The van der Waals surface area contributed by atoms with Gasteiger partial charge in [0.05, 0.1) is 10.9 Å². The Kier molecular flexibility index (Phi) is 7.80. The summed E-state index contributed by atoms with van der Waals surface area (Å²) >= 11 is 0. The third-order valence-corrected chi connectivity index (χ3v) is 11.2. The summed E-state index contributed by atoms with van der Waals surface area (Å²) in [6.45, 7) is 6.78. The average Bonchev–Trinajstić information content (AvgIpc) is 2.83. The van der Waals surface area contributed by atoms with E-state index >= 15 is 0 Å². The van der Waals surface area contributed by atoms with Crippen LogP contribution in [0.15, 0.2) is 99.6 Å². The summed E-state index contributed by atoms with van der Waals surface area (Å²) in [5, 5.41) is 0. The zero-order chi connectivity index (χ0) is 27.0. The van der Waals surface area contributed by atoms with E-state index in [1.165, 1.54) is 39.5 Å². The molecule has 0 aliphatic heterocycles. The second kappa shape index (κ2) is 10.8. The van der Waals surface area contributed by atoms with Crippen LogP contribution in [0.2, 0.25) is 0 Å². The first-order valence-corrected chi connectivity index (χ1v) is 16.3. The molecule has 0 radical (unpaired) electrons. The fraction of sp³-hybridized carbons (Fsp3) is 0.438. The molecular weight excluding hydrogens is 510 g/mol. The minimum absolute atomic E-state index is 0.0497. The van der Waals surface area contributed by atoms with Gasteiger partial charge in [-0.25, -0.2) is 13.1 Å². The maximum atomic E-state index is 10.8. The number of hydrogen-bond acceptors (Lipinski definition) is 3. The van der Waals surface area contributed by atoms with Crippen molar-refractivity contribution >= 4 is 21.2 Å². The number of benzene rings is 3. The first-order valence-electron chi connectivity index (χ1n) is 13.7. The van der Waals surface area contributed by atoms with Crippen LogP contribution in [-0.2, 0) is 26.6 Å². The zero-order valence-electron chi connectivity index (χ0n) is 22.6. The van der Waals surface area contributed by atoms with Crippen molar-refractivity contribution in [1.29, 1.82) is 0 Å². The van der Waals surface area contributed by atoms with Crippen LogP contribution >= 0.6 is 0 Å². The molecule has 0 atom stereocenters. The van der Waals surface area contributed by atoms with Gasteiger partial charge < -0.3 is 4.55 Å². The Bertz CT molecular complexity index is 1240. The second-order valence-electron chi connectivity index (χ2n) is 12.5. The fourth-order valence-corrected chi connectivity index (χ4v) is 9.98. The highest BCUT2D eigenvalue weighted by molar-refractivity contribution is 7.97. The molecule has 0 unspecified atom stereocenters. The van der Waals surface area contributed by atoms with Crippen LogP contribution in [0.5, 0.6) is 0 Å². The van der Waals surface area contributed by atoms with E-state index < -0.39 is 10.3 Å². The van der Waals surface area contributed by atoms with E-state index in [1.54, 1.807) is 0 Å². The summed E-state index contributed by atoms with van der Waals surface area (Å²) in [4.78, 5) is 4.10. The van der Waals surface area contributed by atoms with E-state index in [9.17, 15) is 13.0 Å². The molecule has 0 heterocycles. The van der Waals surface area contributed by atoms with Crippen LogP contribution in [0.25, 0.3) is 0 Å². The van der Waals surface area contributed by atoms with E-state index in [0.717, 1.165) is 19.3 Å². The molecule has 4 bridgehead atoms. The molecule has 3 aromatic carbocycles. The van der Waals surface area contributed by atoms with Gasteiger partial charge in [-0.2, -0.15) is 0 Å². The molecule has 0 saturated heterocycles. The van der Waals surface area contributed by atoms with Gasteiger partial charge in [-0.1, -0.05) is 69.3 Å². The lowest BCUT2D eigenvalue weighted by molar-refractivity contribution is -0.00918. The average molecular weight is 550 g/mol. The first-order chi connectivity index (χ1) is 18.0. The van der Waals surface area contributed by atoms with Crippen LogP contribution in [0.4, 0.5) is 0 Å². The Hall–Kier alpha value is -2.12. The minimum Gasteiger partial charge on any atom is -0.735 e. The third-order valence-electron chi connectivity index (χ3n) is 8.29. The van der Waals surface area contributed by atoms with Gasteiger partial charge in [-0.05, 0) is 104 Å². The van der Waals surface area contributed by atoms with Crippen molar-refractivity contribution in [2.24, 2.45) is 17.8 Å². The molecule has 6 heteroatoms. The molecule has 4 nitrogen and oxygen atoms in total. The Labute approximate surface area is 231 Å². The highest BCUT2D eigenvalue weighted by atomic mass is 32.2. The largest absolute Gasteiger partial charge is 0.735 e. The van der Waals surface area contributed by atoms with Crippen molar-refractivity contribution < 1.29 is 13.0 Å². The smallest absolute Gasteiger partial charge is 0.166 e. The van der Waals surface area contributed by atoms with E-state index in [-0.39, 0.29) is 21.8 Å². The predicted octanol–water partition coefficient (Wildman–Crippen LogP) is 7.08. The topological polar surface area (TPSA) is 69.2 Å². The summed E-state index contributed by atoms with van der Waals surface area (Å²) in [6, 6.07) is 30.7. The lowest BCUT2D eigenvalue weighted by Gasteiger charge is -2.57. The Morgan fingerprint density at radius 1 is 0.711 bits per heavy atom. The summed E-state index contributed by atoms with van der Waals surface area (Å²) < 4.78 is 34.9. The van der Waals surface area contributed by atoms with Crippen LogP contribution in [0, 0.1) is 17.8 Å². The zero-order valence-corrected chi connectivity index (χ0v) is 24.2. The van der Waals surface area contributed by atoms with Gasteiger partial charge in [-0.15, -0.1) is 0 Å². The first kappa shape index (κ1) is 27.4. The van der Waals surface area contributed by atoms with Gasteiger partial charge in [0.2, 0.25) is 0 Å². The summed E-state index contributed by atoms with van der Waals surface area (Å²) in [6.07, 6.45) is 6.42. The molecule has 4 aliphatic rings. The van der Waals surface area contributed by atoms with Gasteiger partial charge in [0.25, 0.3) is 0 Å². The van der Waals surface area contributed by atoms with E-state index in [0.29, 0.717) is 17.8 Å². The summed E-state index contributed by atoms with van der Waals surface area (Å²) in [7, 11) is -4.34. The SMILES string of the molecule is CC(C)(C)c1ccc([S+](c2ccccc2)c2ccccc2)cc1.O=S(=O)([O-])NC12CC3CC(CC(C3)C1)C2. The molecule has 1 N–H and O–H groups in total. The summed E-state index contributed by atoms with van der Waals surface area (Å²) in [5.74, 6) is 1.97. The van der Waals surface area contributed by atoms with E-state index in [4.69, 9.17) is 0 Å².